The Balaban J connectivity index is 0.991. The van der Waals surface area contributed by atoms with Gasteiger partial charge in [0.1, 0.15) is 0 Å². The maximum absolute atomic E-state index is 2.52. The summed E-state index contributed by atoms with van der Waals surface area (Å²) in [7, 11) is 0. The molecule has 0 saturated heterocycles. The first kappa shape index (κ1) is 42.8. The zero-order valence-electron chi connectivity index (χ0n) is 39.9. The molecule has 10 aromatic carbocycles. The van der Waals surface area contributed by atoms with Gasteiger partial charge in [0, 0.05) is 5.41 Å². The summed E-state index contributed by atoms with van der Waals surface area (Å²) < 4.78 is 0. The lowest BCUT2D eigenvalue weighted by atomic mass is 9.79. The lowest BCUT2D eigenvalue weighted by Crippen LogP contribution is -2.15. The van der Waals surface area contributed by atoms with Gasteiger partial charge < -0.3 is 0 Å². The normalized spacial score (nSPS) is 12.9. The van der Waals surface area contributed by atoms with Crippen molar-refractivity contribution in [1.29, 1.82) is 0 Å². The van der Waals surface area contributed by atoms with E-state index in [4.69, 9.17) is 0 Å². The van der Waals surface area contributed by atoms with E-state index in [9.17, 15) is 0 Å². The fourth-order valence-corrected chi connectivity index (χ4v) is 11.7. The zero-order valence-corrected chi connectivity index (χ0v) is 39.9. The van der Waals surface area contributed by atoms with E-state index in [-0.39, 0.29) is 5.41 Å². The summed E-state index contributed by atoms with van der Waals surface area (Å²) in [5.74, 6) is 0. The minimum Gasteiger partial charge on any atom is -0.0654 e. The molecular formula is C67H62. The Morgan fingerprint density at radius 2 is 0.582 bits per heavy atom. The number of aryl methyl sites for hydroxylation is 2. The monoisotopic (exact) mass is 866 g/mol. The highest BCUT2D eigenvalue weighted by atomic mass is 14.4. The lowest BCUT2D eigenvalue weighted by molar-refractivity contribution is 0.661. The molecule has 11 rings (SSSR count). The fraction of sp³-hybridized carbons (Fsp3) is 0.224. The molecule has 67 heavy (non-hydrogen) atoms. The van der Waals surface area contributed by atoms with Gasteiger partial charge in [0.05, 0.1) is 0 Å². The van der Waals surface area contributed by atoms with Gasteiger partial charge in [0.25, 0.3) is 0 Å². The number of hydrogen-bond donors (Lipinski definition) is 0. The number of rotatable bonds is 14. The minimum absolute atomic E-state index is 0.204. The van der Waals surface area contributed by atoms with Crippen molar-refractivity contribution in [3.05, 3.63) is 204 Å². The molecule has 0 spiro atoms. The quantitative estimate of drug-likeness (QED) is 0.0755. The SMILES string of the molecule is CCCCCCc1ccc(-c2c3ccccc3c(-c3ccc4c(c3)C(C)(C)c3cc(-c5c6ccccc6c(-c6ccc(CCCCCC)cc6)c6ccccc56)ccc3-4)c3ccccc23)cc1. The second-order valence-electron chi connectivity index (χ2n) is 19.8. The van der Waals surface area contributed by atoms with Crippen LogP contribution in [0.25, 0.3) is 98.7 Å². The van der Waals surface area contributed by atoms with Crippen LogP contribution in [0.2, 0.25) is 0 Å². The smallest absolute Gasteiger partial charge is 0.0159 e. The molecule has 0 atom stereocenters. The van der Waals surface area contributed by atoms with Crippen LogP contribution in [0.3, 0.4) is 0 Å². The summed E-state index contributed by atoms with van der Waals surface area (Å²) in [5.41, 5.74) is 18.5. The molecule has 0 fully saturated rings. The van der Waals surface area contributed by atoms with Gasteiger partial charge in [-0.15, -0.1) is 0 Å². The molecule has 0 radical (unpaired) electrons. The average Bonchev–Trinajstić information content (AvgIpc) is 3.59. The molecule has 0 heterocycles. The first-order valence-corrected chi connectivity index (χ1v) is 25.3. The van der Waals surface area contributed by atoms with E-state index in [0.29, 0.717) is 0 Å². The summed E-state index contributed by atoms with van der Waals surface area (Å²) in [5, 5.41) is 10.4. The number of unbranched alkanes of at least 4 members (excludes halogenated alkanes) is 6. The predicted molar refractivity (Wildman–Crippen MR) is 291 cm³/mol. The van der Waals surface area contributed by atoms with Crippen LogP contribution in [0.15, 0.2) is 182 Å². The first-order valence-electron chi connectivity index (χ1n) is 25.3. The van der Waals surface area contributed by atoms with Crippen LogP contribution >= 0.6 is 0 Å². The van der Waals surface area contributed by atoms with Gasteiger partial charge in [0.15, 0.2) is 0 Å². The van der Waals surface area contributed by atoms with Crippen LogP contribution in [-0.4, -0.2) is 0 Å². The van der Waals surface area contributed by atoms with E-state index < -0.39 is 0 Å². The van der Waals surface area contributed by atoms with Gasteiger partial charge in [-0.1, -0.05) is 236 Å². The molecule has 1 aliphatic rings. The van der Waals surface area contributed by atoms with E-state index in [2.05, 4.69) is 210 Å². The van der Waals surface area contributed by atoms with Gasteiger partial charge in [-0.05, 0) is 159 Å². The first-order chi connectivity index (χ1) is 32.9. The number of fused-ring (bicyclic) bond motifs is 7. The van der Waals surface area contributed by atoms with Crippen molar-refractivity contribution in [2.75, 3.05) is 0 Å². The van der Waals surface area contributed by atoms with E-state index in [0.717, 1.165) is 12.8 Å². The highest BCUT2D eigenvalue weighted by Crippen LogP contribution is 2.53. The summed E-state index contributed by atoms with van der Waals surface area (Å²) in [6, 6.07) is 69.9. The Kier molecular flexibility index (Phi) is 11.6. The third-order valence-electron chi connectivity index (χ3n) is 15.2. The molecular weight excluding hydrogens is 805 g/mol. The van der Waals surface area contributed by atoms with Crippen LogP contribution < -0.4 is 0 Å². The van der Waals surface area contributed by atoms with E-state index in [1.54, 1.807) is 0 Å². The topological polar surface area (TPSA) is 0 Å². The fourth-order valence-electron chi connectivity index (χ4n) is 11.7. The van der Waals surface area contributed by atoms with E-state index in [1.165, 1.54) is 172 Å². The van der Waals surface area contributed by atoms with Crippen molar-refractivity contribution in [1.82, 2.24) is 0 Å². The molecule has 330 valence electrons. The summed E-state index contributed by atoms with van der Waals surface area (Å²) >= 11 is 0. The van der Waals surface area contributed by atoms with Gasteiger partial charge in [0.2, 0.25) is 0 Å². The van der Waals surface area contributed by atoms with Crippen LogP contribution in [0.5, 0.6) is 0 Å². The van der Waals surface area contributed by atoms with E-state index in [1.807, 2.05) is 0 Å². The van der Waals surface area contributed by atoms with Crippen LogP contribution in [0, 0.1) is 0 Å². The Hall–Kier alpha value is -6.76. The van der Waals surface area contributed by atoms with Crippen molar-refractivity contribution in [3.8, 4) is 55.6 Å². The largest absolute Gasteiger partial charge is 0.0654 e. The Labute approximate surface area is 398 Å². The molecule has 0 N–H and O–H groups in total. The second kappa shape index (κ2) is 18.1. The Morgan fingerprint density at radius 1 is 0.299 bits per heavy atom. The Morgan fingerprint density at radius 3 is 0.881 bits per heavy atom. The second-order valence-corrected chi connectivity index (χ2v) is 19.8. The standard InChI is InChI=1S/C67H62/c1-5-7-9-11-21-45-31-35-47(36-32-45)63-53-23-13-17-27-57(53)65(58-28-18-14-24-54(58)63)49-39-41-51-52-42-40-50(44-62(52)67(3,4)61(51)43-49)66-59-29-19-15-25-55(59)64(56-26-16-20-30-60(56)66)48-37-33-46(34-38-48)22-12-10-8-6-2/h13-20,23-44H,5-12,21-22H2,1-4H3. The average molecular weight is 867 g/mol. The molecule has 1 aliphatic carbocycles. The van der Waals surface area contributed by atoms with Gasteiger partial charge in [-0.2, -0.15) is 0 Å². The third kappa shape index (κ3) is 7.65. The van der Waals surface area contributed by atoms with Crippen molar-refractivity contribution in [2.45, 2.75) is 97.3 Å². The third-order valence-corrected chi connectivity index (χ3v) is 15.2. The van der Waals surface area contributed by atoms with Crippen LogP contribution in [0.1, 0.15) is 101 Å². The van der Waals surface area contributed by atoms with Crippen molar-refractivity contribution >= 4 is 43.1 Å². The maximum atomic E-state index is 2.52. The molecule has 0 bridgehead atoms. The molecule has 0 heteroatoms. The molecule has 0 aromatic heterocycles. The summed E-state index contributed by atoms with van der Waals surface area (Å²) in [4.78, 5) is 0. The van der Waals surface area contributed by atoms with Crippen molar-refractivity contribution in [3.63, 3.8) is 0 Å². The highest BCUT2D eigenvalue weighted by molar-refractivity contribution is 6.23. The molecule has 0 nitrogen and oxygen atoms in total. The molecule has 0 unspecified atom stereocenters. The highest BCUT2D eigenvalue weighted by Gasteiger charge is 2.36. The molecule has 0 saturated carbocycles. The molecule has 10 aromatic rings. The predicted octanol–water partition coefficient (Wildman–Crippen LogP) is 19.5. The van der Waals surface area contributed by atoms with Crippen LogP contribution in [0.4, 0.5) is 0 Å². The molecule has 0 amide bonds. The van der Waals surface area contributed by atoms with Gasteiger partial charge >= 0.3 is 0 Å². The minimum atomic E-state index is -0.204. The summed E-state index contributed by atoms with van der Waals surface area (Å²) in [6.07, 6.45) is 12.6. The zero-order chi connectivity index (χ0) is 45.5. The number of hydrogen-bond acceptors (Lipinski definition) is 0. The van der Waals surface area contributed by atoms with Crippen LogP contribution in [-0.2, 0) is 18.3 Å². The van der Waals surface area contributed by atoms with Crippen molar-refractivity contribution in [2.24, 2.45) is 0 Å². The number of benzene rings is 10. The van der Waals surface area contributed by atoms with Gasteiger partial charge in [-0.3, -0.25) is 0 Å². The summed E-state index contributed by atoms with van der Waals surface area (Å²) in [6.45, 7) is 9.44. The molecule has 0 aliphatic heterocycles. The Bertz CT molecular complexity index is 3090. The maximum Gasteiger partial charge on any atom is 0.0159 e. The van der Waals surface area contributed by atoms with Crippen molar-refractivity contribution < 1.29 is 0 Å². The lowest BCUT2D eigenvalue weighted by Gasteiger charge is -2.24. The van der Waals surface area contributed by atoms with E-state index >= 15 is 0 Å². The van der Waals surface area contributed by atoms with Gasteiger partial charge in [-0.25, -0.2) is 0 Å².